The van der Waals surface area contributed by atoms with Crippen LogP contribution in [0.15, 0.2) is 65.9 Å². The molecule has 0 bridgehead atoms. The molecule has 0 amide bonds. The second kappa shape index (κ2) is 6.96. The van der Waals surface area contributed by atoms with Crippen LogP contribution in [0, 0.1) is 0 Å². The molecular weight excluding hydrogens is 286 g/mol. The molecule has 3 aromatic rings. The highest BCUT2D eigenvalue weighted by Gasteiger charge is 2.05. The molecule has 0 fully saturated rings. The van der Waals surface area contributed by atoms with Crippen LogP contribution in [-0.4, -0.2) is 34.3 Å². The minimum atomic E-state index is 0.646. The van der Waals surface area contributed by atoms with Crippen LogP contribution in [0.3, 0.4) is 0 Å². The third kappa shape index (κ3) is 3.88. The number of aromatic nitrogens is 2. The van der Waals surface area contributed by atoms with Crippen molar-refractivity contribution in [3.05, 3.63) is 72.2 Å². The molecule has 23 heavy (non-hydrogen) atoms. The quantitative estimate of drug-likeness (QED) is 0.595. The smallest absolute Gasteiger partial charge is 0.194 e. The van der Waals surface area contributed by atoms with Gasteiger partial charge in [-0.2, -0.15) is 0 Å². The molecule has 2 heterocycles. The molecule has 5 nitrogen and oxygen atoms in total. The minimum Gasteiger partial charge on any atom is -0.351 e. The van der Waals surface area contributed by atoms with Gasteiger partial charge in [-0.05, 0) is 17.7 Å². The Labute approximate surface area is 136 Å². The molecule has 0 saturated heterocycles. The van der Waals surface area contributed by atoms with Gasteiger partial charge in [0.15, 0.2) is 5.96 Å². The summed E-state index contributed by atoms with van der Waals surface area (Å²) < 4.78 is 2.02. The van der Waals surface area contributed by atoms with Crippen molar-refractivity contribution in [2.75, 3.05) is 14.1 Å². The van der Waals surface area contributed by atoms with Crippen molar-refractivity contribution in [1.29, 1.82) is 0 Å². The predicted molar refractivity (Wildman–Crippen MR) is 93.3 cm³/mol. The zero-order chi connectivity index (χ0) is 16.1. The Bertz CT molecular complexity index is 756. The average Bonchev–Trinajstić information content (AvgIpc) is 2.98. The standard InChI is InChI=1S/C18H21N5/c1-22(2)18(19-12-15-8-4-3-5-9-15)20-13-16-14-23-11-7-6-10-17(23)21-16/h3-11,14H,12-13H2,1-2H3,(H,19,20). The first-order valence-corrected chi connectivity index (χ1v) is 7.64. The lowest BCUT2D eigenvalue weighted by Crippen LogP contribution is -2.36. The van der Waals surface area contributed by atoms with Gasteiger partial charge in [-0.1, -0.05) is 36.4 Å². The van der Waals surface area contributed by atoms with Gasteiger partial charge in [-0.15, -0.1) is 0 Å². The van der Waals surface area contributed by atoms with E-state index >= 15 is 0 Å². The van der Waals surface area contributed by atoms with Crippen LogP contribution in [0.2, 0.25) is 0 Å². The van der Waals surface area contributed by atoms with Gasteiger partial charge in [0.1, 0.15) is 5.65 Å². The molecule has 0 aliphatic carbocycles. The maximum Gasteiger partial charge on any atom is 0.194 e. The van der Waals surface area contributed by atoms with Crippen molar-refractivity contribution < 1.29 is 0 Å². The number of fused-ring (bicyclic) bond motifs is 1. The van der Waals surface area contributed by atoms with E-state index in [1.165, 1.54) is 5.56 Å². The lowest BCUT2D eigenvalue weighted by molar-refractivity contribution is 0.577. The maximum atomic E-state index is 4.66. The SMILES string of the molecule is CN(C)C(=NCc1ccccc1)NCc1cn2ccccc2n1. The average molecular weight is 307 g/mol. The predicted octanol–water partition coefficient (Wildman–Crippen LogP) is 2.54. The van der Waals surface area contributed by atoms with Crippen LogP contribution in [0.1, 0.15) is 11.3 Å². The highest BCUT2D eigenvalue weighted by atomic mass is 15.3. The topological polar surface area (TPSA) is 44.9 Å². The monoisotopic (exact) mass is 307 g/mol. The summed E-state index contributed by atoms with van der Waals surface area (Å²) in [7, 11) is 3.97. The minimum absolute atomic E-state index is 0.646. The zero-order valence-corrected chi connectivity index (χ0v) is 13.5. The number of nitrogens with zero attached hydrogens (tertiary/aromatic N) is 4. The lowest BCUT2D eigenvalue weighted by Gasteiger charge is -2.17. The number of hydrogen-bond acceptors (Lipinski definition) is 2. The van der Waals surface area contributed by atoms with Crippen molar-refractivity contribution in [3.8, 4) is 0 Å². The van der Waals surface area contributed by atoms with E-state index in [1.54, 1.807) is 0 Å². The molecule has 0 radical (unpaired) electrons. The summed E-state index contributed by atoms with van der Waals surface area (Å²) in [5, 5.41) is 3.37. The number of nitrogens with one attached hydrogen (secondary N) is 1. The van der Waals surface area contributed by atoms with E-state index in [9.17, 15) is 0 Å². The summed E-state index contributed by atoms with van der Waals surface area (Å²) in [4.78, 5) is 11.2. The summed E-state index contributed by atoms with van der Waals surface area (Å²) >= 11 is 0. The zero-order valence-electron chi connectivity index (χ0n) is 13.5. The van der Waals surface area contributed by atoms with Gasteiger partial charge in [0.2, 0.25) is 0 Å². The number of rotatable bonds is 4. The van der Waals surface area contributed by atoms with E-state index in [4.69, 9.17) is 0 Å². The molecule has 5 heteroatoms. The Morgan fingerprint density at radius 2 is 1.91 bits per heavy atom. The largest absolute Gasteiger partial charge is 0.351 e. The Balaban J connectivity index is 1.67. The lowest BCUT2D eigenvalue weighted by atomic mass is 10.2. The first-order chi connectivity index (χ1) is 11.2. The van der Waals surface area contributed by atoms with Crippen LogP contribution in [0.4, 0.5) is 0 Å². The number of imidazole rings is 1. The van der Waals surface area contributed by atoms with Gasteiger partial charge in [0.25, 0.3) is 0 Å². The Morgan fingerprint density at radius 3 is 2.65 bits per heavy atom. The Kier molecular flexibility index (Phi) is 4.57. The number of benzene rings is 1. The molecule has 2 aromatic heterocycles. The van der Waals surface area contributed by atoms with E-state index in [2.05, 4.69) is 27.4 Å². The van der Waals surface area contributed by atoms with Crippen molar-refractivity contribution in [2.24, 2.45) is 4.99 Å². The molecule has 1 N–H and O–H groups in total. The molecular formula is C18H21N5. The van der Waals surface area contributed by atoms with Crippen molar-refractivity contribution in [1.82, 2.24) is 19.6 Å². The number of hydrogen-bond donors (Lipinski definition) is 1. The van der Waals surface area contributed by atoms with Gasteiger partial charge >= 0.3 is 0 Å². The molecule has 0 unspecified atom stereocenters. The fraction of sp³-hybridized carbons (Fsp3) is 0.222. The highest BCUT2D eigenvalue weighted by molar-refractivity contribution is 5.79. The molecule has 0 spiro atoms. The fourth-order valence-corrected chi connectivity index (χ4v) is 2.35. The van der Waals surface area contributed by atoms with Gasteiger partial charge in [0, 0.05) is 26.5 Å². The molecule has 118 valence electrons. The molecule has 0 atom stereocenters. The van der Waals surface area contributed by atoms with Crippen LogP contribution >= 0.6 is 0 Å². The molecule has 0 aliphatic heterocycles. The van der Waals surface area contributed by atoms with E-state index in [0.717, 1.165) is 17.3 Å². The van der Waals surface area contributed by atoms with Crippen molar-refractivity contribution in [3.63, 3.8) is 0 Å². The molecule has 0 saturated carbocycles. The Hall–Kier alpha value is -2.82. The van der Waals surface area contributed by atoms with Gasteiger partial charge in [-0.25, -0.2) is 9.98 Å². The molecule has 1 aromatic carbocycles. The van der Waals surface area contributed by atoms with E-state index in [-0.39, 0.29) is 0 Å². The molecule has 3 rings (SSSR count). The first-order valence-electron chi connectivity index (χ1n) is 7.64. The first kappa shape index (κ1) is 15.1. The summed E-state index contributed by atoms with van der Waals surface area (Å²) in [5.41, 5.74) is 3.14. The summed E-state index contributed by atoms with van der Waals surface area (Å²) in [5.74, 6) is 0.853. The highest BCUT2D eigenvalue weighted by Crippen LogP contribution is 2.05. The second-order valence-electron chi connectivity index (χ2n) is 5.57. The van der Waals surface area contributed by atoms with Crippen molar-refractivity contribution in [2.45, 2.75) is 13.1 Å². The summed E-state index contributed by atoms with van der Waals surface area (Å²) in [6, 6.07) is 16.2. The van der Waals surface area contributed by atoms with E-state index in [1.807, 2.05) is 72.2 Å². The summed E-state index contributed by atoms with van der Waals surface area (Å²) in [6.07, 6.45) is 4.04. The third-order valence-electron chi connectivity index (χ3n) is 3.52. The van der Waals surface area contributed by atoms with Crippen molar-refractivity contribution >= 4 is 11.6 Å². The van der Waals surface area contributed by atoms with Gasteiger partial charge in [-0.3, -0.25) is 0 Å². The molecule has 0 aliphatic rings. The summed E-state index contributed by atoms with van der Waals surface area (Å²) in [6.45, 7) is 1.31. The third-order valence-corrected chi connectivity index (χ3v) is 3.52. The van der Waals surface area contributed by atoms with Crippen LogP contribution in [-0.2, 0) is 13.1 Å². The normalized spacial score (nSPS) is 11.7. The number of guanidine groups is 1. The van der Waals surface area contributed by atoms with E-state index < -0.39 is 0 Å². The fourth-order valence-electron chi connectivity index (χ4n) is 2.35. The van der Waals surface area contributed by atoms with Crippen LogP contribution in [0.25, 0.3) is 5.65 Å². The van der Waals surface area contributed by atoms with Gasteiger partial charge in [0.05, 0.1) is 18.8 Å². The second-order valence-corrected chi connectivity index (χ2v) is 5.57. The maximum absolute atomic E-state index is 4.66. The van der Waals surface area contributed by atoms with Crippen LogP contribution < -0.4 is 5.32 Å². The number of pyridine rings is 1. The van der Waals surface area contributed by atoms with E-state index in [0.29, 0.717) is 13.1 Å². The Morgan fingerprint density at radius 1 is 1.13 bits per heavy atom. The number of aliphatic imine (C=N–C) groups is 1. The van der Waals surface area contributed by atoms with Crippen LogP contribution in [0.5, 0.6) is 0 Å². The van der Waals surface area contributed by atoms with Gasteiger partial charge < -0.3 is 14.6 Å².